The van der Waals surface area contributed by atoms with Crippen LogP contribution in [0.25, 0.3) is 0 Å². The first-order valence-corrected chi connectivity index (χ1v) is 9.71. The Kier molecular flexibility index (Phi) is 4.55. The van der Waals surface area contributed by atoms with Gasteiger partial charge in [-0.2, -0.15) is 0 Å². The summed E-state index contributed by atoms with van der Waals surface area (Å²) in [5.74, 6) is 0.338. The van der Waals surface area contributed by atoms with Crippen molar-refractivity contribution in [2.75, 3.05) is 19.6 Å². The molecule has 6 heteroatoms. The molecular formula is C20H23BrN4O. The van der Waals surface area contributed by atoms with Crippen LogP contribution in [-0.2, 0) is 6.54 Å². The first kappa shape index (κ1) is 15.2. The molecule has 2 atom stereocenters. The normalized spacial score (nSPS) is 25.7. The molecule has 0 aromatic heterocycles. The molecule has 0 spiro atoms. The molecule has 4 rings (SSSR count). The summed E-state index contributed by atoms with van der Waals surface area (Å²) in [4.78, 5) is 16.7. The van der Waals surface area contributed by atoms with Gasteiger partial charge in [-0.05, 0) is 42.1 Å². The molecule has 136 valence electrons. The van der Waals surface area contributed by atoms with Crippen molar-refractivity contribution < 1.29 is 7.62 Å². The standard InChI is InChI=1S/C20H23BrN4O/c21-18-8-6-17(7-9-18)19-22-23-20(26)25(19)14-16-10-11-24(13-16)12-15-4-2-1-3-5-15/h1-9,16,19,22H,10-14H2,(H,23,26)/t16-,19?/m1/s1/i/hD2. The number of hydrogen-bond acceptors (Lipinski definition) is 3. The Balaban J connectivity index is 1.45. The third kappa shape index (κ3) is 3.92. The number of rotatable bonds is 5. The molecule has 1 unspecified atom stereocenters. The van der Waals surface area contributed by atoms with E-state index in [2.05, 4.69) is 45.1 Å². The molecule has 0 radical (unpaired) electrons. The van der Waals surface area contributed by atoms with Crippen molar-refractivity contribution in [1.29, 1.82) is 0 Å². The first-order chi connectivity index (χ1) is 13.5. The second kappa shape index (κ2) is 7.78. The number of amides is 2. The molecule has 2 fully saturated rings. The van der Waals surface area contributed by atoms with E-state index in [-0.39, 0.29) is 0 Å². The topological polar surface area (TPSA) is 47.6 Å². The van der Waals surface area contributed by atoms with E-state index in [0.29, 0.717) is 17.9 Å². The van der Waals surface area contributed by atoms with Gasteiger partial charge in [0.2, 0.25) is 0 Å². The van der Waals surface area contributed by atoms with Crippen molar-refractivity contribution in [2.24, 2.45) is 5.92 Å². The zero-order valence-corrected chi connectivity index (χ0v) is 16.0. The lowest BCUT2D eigenvalue weighted by atomic mass is 10.1. The fourth-order valence-electron chi connectivity index (χ4n) is 3.71. The van der Waals surface area contributed by atoms with Crippen LogP contribution in [0.2, 0.25) is 2.82 Å². The summed E-state index contributed by atoms with van der Waals surface area (Å²) in [6.07, 6.45) is 0.445. The van der Waals surface area contributed by atoms with Crippen LogP contribution in [-0.4, -0.2) is 35.5 Å². The van der Waals surface area contributed by atoms with Crippen LogP contribution in [0.3, 0.4) is 0 Å². The Morgan fingerprint density at radius 3 is 2.69 bits per heavy atom. The van der Waals surface area contributed by atoms with Gasteiger partial charge >= 0.3 is 6.03 Å². The minimum Gasteiger partial charge on any atom is -0.302 e. The van der Waals surface area contributed by atoms with E-state index in [4.69, 9.17) is 2.82 Å². The highest BCUT2D eigenvalue weighted by atomic mass is 79.9. The molecule has 2 heterocycles. The van der Waals surface area contributed by atoms with E-state index in [0.717, 1.165) is 41.5 Å². The molecule has 2 saturated heterocycles. The lowest BCUT2D eigenvalue weighted by Crippen LogP contribution is -2.35. The molecule has 5 nitrogen and oxygen atoms in total. The minimum atomic E-state index is -0.568. The maximum absolute atomic E-state index is 12.6. The number of likely N-dealkylation sites (tertiary alicyclic amines) is 1. The second-order valence-corrected chi connectivity index (χ2v) is 7.87. The van der Waals surface area contributed by atoms with E-state index >= 15 is 0 Å². The van der Waals surface area contributed by atoms with Crippen LogP contribution < -0.4 is 10.8 Å². The van der Waals surface area contributed by atoms with E-state index in [1.165, 1.54) is 5.56 Å². The number of carbonyl (C=O) groups excluding carboxylic acids is 1. The maximum atomic E-state index is 12.6. The Bertz CT molecular complexity index is 823. The quantitative estimate of drug-likeness (QED) is 0.783. The van der Waals surface area contributed by atoms with Crippen molar-refractivity contribution >= 4 is 22.0 Å². The van der Waals surface area contributed by atoms with Crippen molar-refractivity contribution in [3.8, 4) is 0 Å². The molecule has 0 bridgehead atoms. The number of hydrazine groups is 1. The van der Waals surface area contributed by atoms with Gasteiger partial charge in [0.05, 0.1) is 0 Å². The Hall–Kier alpha value is -1.89. The summed E-state index contributed by atoms with van der Waals surface area (Å²) in [5, 5.41) is 0. The predicted molar refractivity (Wildman–Crippen MR) is 105 cm³/mol. The van der Waals surface area contributed by atoms with Gasteiger partial charge in [0, 0.05) is 24.1 Å². The molecule has 0 aliphatic carbocycles. The number of nitrogens with one attached hydrogen (secondary N) is 2. The van der Waals surface area contributed by atoms with Gasteiger partial charge in [0.15, 0.2) is 2.82 Å². The lowest BCUT2D eigenvalue weighted by molar-refractivity contribution is 0.186. The third-order valence-corrected chi connectivity index (χ3v) is 5.56. The summed E-state index contributed by atoms with van der Waals surface area (Å²) in [6, 6.07) is 17.6. The highest BCUT2D eigenvalue weighted by Gasteiger charge is 2.35. The van der Waals surface area contributed by atoms with E-state index < -0.39 is 12.2 Å². The molecule has 26 heavy (non-hydrogen) atoms. The van der Waals surface area contributed by atoms with Gasteiger partial charge in [0.25, 0.3) is 0 Å². The zero-order valence-electron chi connectivity index (χ0n) is 16.5. The summed E-state index contributed by atoms with van der Waals surface area (Å²) < 4.78 is 17.1. The number of halogens is 1. The second-order valence-electron chi connectivity index (χ2n) is 6.95. The van der Waals surface area contributed by atoms with Crippen molar-refractivity contribution in [2.45, 2.75) is 19.1 Å². The van der Waals surface area contributed by atoms with Gasteiger partial charge < -0.3 is 4.90 Å². The maximum Gasteiger partial charge on any atom is 0.333 e. The van der Waals surface area contributed by atoms with Crippen LogP contribution in [0.1, 0.15) is 23.7 Å². The average molecular weight is 417 g/mol. The predicted octanol–water partition coefficient (Wildman–Crippen LogP) is 3.50. The van der Waals surface area contributed by atoms with Crippen molar-refractivity contribution in [3.05, 3.63) is 70.2 Å². The minimum absolute atomic E-state index is 0.338. The lowest BCUT2D eigenvalue weighted by Gasteiger charge is -2.26. The van der Waals surface area contributed by atoms with Crippen molar-refractivity contribution in [3.63, 3.8) is 0 Å². The number of carbonyl (C=O) groups is 1. The summed E-state index contributed by atoms with van der Waals surface area (Å²) in [7, 11) is 0. The zero-order chi connectivity index (χ0) is 19.7. The van der Waals surface area contributed by atoms with Gasteiger partial charge in [-0.15, -0.1) is 0 Å². The van der Waals surface area contributed by atoms with Crippen LogP contribution >= 0.6 is 15.9 Å². The number of urea groups is 1. The SMILES string of the molecule is [2H]N1C(=O)N(C[C@@H]2CCN(Cc3ccccc3)C2)C(c2ccc(Br)cc2)N1[2H]. The fourth-order valence-corrected chi connectivity index (χ4v) is 3.98. The molecule has 2 aromatic rings. The summed E-state index contributed by atoms with van der Waals surface area (Å²) >= 11 is 3.42. The Morgan fingerprint density at radius 2 is 1.92 bits per heavy atom. The van der Waals surface area contributed by atoms with Crippen molar-refractivity contribution in [1.82, 2.24) is 20.6 Å². The van der Waals surface area contributed by atoms with E-state index in [9.17, 15) is 4.79 Å². The number of benzene rings is 2. The Morgan fingerprint density at radius 1 is 1.15 bits per heavy atom. The van der Waals surface area contributed by atoms with E-state index in [1.807, 2.05) is 30.3 Å². The highest BCUT2D eigenvalue weighted by molar-refractivity contribution is 9.10. The largest absolute Gasteiger partial charge is 0.333 e. The molecule has 2 aromatic carbocycles. The monoisotopic (exact) mass is 416 g/mol. The summed E-state index contributed by atoms with van der Waals surface area (Å²) in [6.45, 7) is 3.38. The van der Waals surface area contributed by atoms with Gasteiger partial charge in [0.1, 0.15) is 6.17 Å². The Labute approximate surface area is 165 Å². The highest BCUT2D eigenvalue weighted by Crippen LogP contribution is 2.27. The molecule has 0 saturated carbocycles. The van der Waals surface area contributed by atoms with Crippen LogP contribution in [0.15, 0.2) is 59.1 Å². The van der Waals surface area contributed by atoms with Crippen LogP contribution in [0.4, 0.5) is 4.79 Å². The van der Waals surface area contributed by atoms with Gasteiger partial charge in [-0.3, -0.25) is 10.3 Å². The molecular weight excluding hydrogens is 392 g/mol. The number of nitrogens with zero attached hydrogens (tertiary/aromatic N) is 2. The van der Waals surface area contributed by atoms with Gasteiger partial charge in [-0.1, -0.05) is 58.4 Å². The van der Waals surface area contributed by atoms with Crippen LogP contribution in [0.5, 0.6) is 0 Å². The fraction of sp³-hybridized carbons (Fsp3) is 0.350. The average Bonchev–Trinajstić information content (AvgIpc) is 3.22. The molecule has 2 aliphatic heterocycles. The first-order valence-electron chi connectivity index (χ1n) is 9.82. The molecule has 2 N–H and O–H groups in total. The van der Waals surface area contributed by atoms with Crippen LogP contribution in [0, 0.1) is 5.92 Å². The molecule has 2 amide bonds. The van der Waals surface area contributed by atoms with E-state index in [1.54, 1.807) is 4.90 Å². The van der Waals surface area contributed by atoms with Gasteiger partial charge in [-0.25, -0.2) is 10.2 Å². The summed E-state index contributed by atoms with van der Waals surface area (Å²) in [5.41, 5.74) is 3.72. The number of hydrogen-bond donors (Lipinski definition) is 2. The smallest absolute Gasteiger partial charge is 0.302 e. The third-order valence-electron chi connectivity index (χ3n) is 5.04. The molecule has 2 aliphatic rings.